The summed E-state index contributed by atoms with van der Waals surface area (Å²) in [5.74, 6) is -0.115. The van der Waals surface area contributed by atoms with Gasteiger partial charge in [-0.3, -0.25) is 19.6 Å². The fourth-order valence-corrected chi connectivity index (χ4v) is 9.94. The summed E-state index contributed by atoms with van der Waals surface area (Å²) >= 11 is 1.49. The number of carbonyl (C=O) groups is 3. The van der Waals surface area contributed by atoms with E-state index in [1.54, 1.807) is 7.11 Å². The monoisotopic (exact) mass is 767 g/mol. The van der Waals surface area contributed by atoms with E-state index in [1.807, 2.05) is 29.5 Å². The maximum Gasteiger partial charge on any atom is 0.324 e. The number of hydrogen-bond acceptors (Lipinski definition) is 9. The minimum atomic E-state index is -0.854. The summed E-state index contributed by atoms with van der Waals surface area (Å²) in [5.41, 5.74) is 9.73. The molecule has 2 saturated heterocycles. The Morgan fingerprint density at radius 2 is 2.00 bits per heavy atom. The van der Waals surface area contributed by atoms with Gasteiger partial charge < -0.3 is 24.3 Å². The summed E-state index contributed by atoms with van der Waals surface area (Å²) in [6.45, 7) is 10.5. The minimum Gasteiger partial charge on any atom is -0.464 e. The zero-order valence-corrected chi connectivity index (χ0v) is 33.4. The fraction of sp³-hybridized carbons (Fsp3) is 0.548. The van der Waals surface area contributed by atoms with E-state index >= 15 is 0 Å². The first-order valence-electron chi connectivity index (χ1n) is 19.9. The average molecular weight is 768 g/mol. The van der Waals surface area contributed by atoms with Crippen LogP contribution in [0.25, 0.3) is 33.4 Å². The van der Waals surface area contributed by atoms with Crippen LogP contribution in [0.1, 0.15) is 88.6 Å². The normalized spacial score (nSPS) is 24.7. The first kappa shape index (κ1) is 37.6. The molecule has 2 N–H and O–H groups in total. The second kappa shape index (κ2) is 15.3. The number of likely N-dealkylation sites (tertiary alicyclic amines) is 1. The molecule has 1 aromatic carbocycles. The van der Waals surface area contributed by atoms with Crippen molar-refractivity contribution in [1.82, 2.24) is 35.2 Å². The van der Waals surface area contributed by atoms with Crippen LogP contribution in [0.2, 0.25) is 0 Å². The first-order valence-corrected chi connectivity index (χ1v) is 20.8. The summed E-state index contributed by atoms with van der Waals surface area (Å²) in [5, 5.41) is 8.51. The van der Waals surface area contributed by atoms with Crippen LogP contribution in [0, 0.1) is 11.3 Å². The maximum absolute atomic E-state index is 14.3. The van der Waals surface area contributed by atoms with E-state index in [1.165, 1.54) is 22.8 Å². The molecule has 0 radical (unpaired) electrons. The molecule has 55 heavy (non-hydrogen) atoms. The molecule has 1 unspecified atom stereocenters. The van der Waals surface area contributed by atoms with Gasteiger partial charge in [0.25, 0.3) is 5.91 Å². The van der Waals surface area contributed by atoms with E-state index in [9.17, 15) is 14.4 Å². The molecule has 1 aliphatic carbocycles. The molecule has 3 aliphatic heterocycles. The molecular weight excluding hydrogens is 715 g/mol. The molecule has 0 spiro atoms. The molecule has 4 aliphatic rings. The number of urea groups is 1. The van der Waals surface area contributed by atoms with Crippen LogP contribution in [0.5, 0.6) is 0 Å². The highest BCUT2D eigenvalue weighted by Crippen LogP contribution is 2.42. The number of ether oxygens (including phenoxy) is 2. The number of esters is 1. The van der Waals surface area contributed by atoms with Crippen molar-refractivity contribution in [2.24, 2.45) is 11.3 Å². The zero-order chi connectivity index (χ0) is 38.4. The second-order valence-corrected chi connectivity index (χ2v) is 17.4. The van der Waals surface area contributed by atoms with Gasteiger partial charge >= 0.3 is 12.0 Å². The molecule has 3 fully saturated rings. The lowest BCUT2D eigenvalue weighted by atomic mass is 9.77. The van der Waals surface area contributed by atoms with Crippen molar-refractivity contribution in [2.75, 3.05) is 26.8 Å². The molecule has 3 amide bonds. The SMILES string of the molecule is CCn1c(-c2cccnc2[C@H](C)OC)c2c3cc(ccc31)-c1csc(n1)CC(NC(=O)N1C[C@@H]3CCCC[C@@H]31)C(=O)N1CCC[C@H](N1)C(=O)OCC(C)(C)C2. The molecule has 5 atom stereocenters. The summed E-state index contributed by atoms with van der Waals surface area (Å²) in [7, 11) is 1.70. The van der Waals surface area contributed by atoms with Crippen LogP contribution in [-0.2, 0) is 38.4 Å². The van der Waals surface area contributed by atoms with Gasteiger partial charge in [0.1, 0.15) is 12.1 Å². The van der Waals surface area contributed by atoms with Crippen LogP contribution in [-0.4, -0.2) is 87.3 Å². The number of aryl methyl sites for hydroxylation is 1. The van der Waals surface area contributed by atoms with Crippen LogP contribution in [0.15, 0.2) is 41.9 Å². The number of amides is 3. The van der Waals surface area contributed by atoms with Crippen LogP contribution in [0.4, 0.5) is 4.79 Å². The van der Waals surface area contributed by atoms with E-state index in [2.05, 4.69) is 60.3 Å². The van der Waals surface area contributed by atoms with E-state index < -0.39 is 17.5 Å². The quantitative estimate of drug-likeness (QED) is 0.216. The third kappa shape index (κ3) is 7.26. The highest BCUT2D eigenvalue weighted by molar-refractivity contribution is 7.10. The lowest BCUT2D eigenvalue weighted by molar-refractivity contribution is -0.155. The number of carbonyl (C=O) groups excluding carboxylic acids is 3. The van der Waals surface area contributed by atoms with Gasteiger partial charge in [-0.2, -0.15) is 0 Å². The largest absolute Gasteiger partial charge is 0.464 e. The van der Waals surface area contributed by atoms with Crippen molar-refractivity contribution >= 4 is 40.1 Å². The fourth-order valence-electron chi connectivity index (χ4n) is 9.09. The Balaban J connectivity index is 1.21. The number of methoxy groups -OCH3 is 1. The van der Waals surface area contributed by atoms with Crippen molar-refractivity contribution in [3.05, 3.63) is 58.2 Å². The van der Waals surface area contributed by atoms with Crippen molar-refractivity contribution in [1.29, 1.82) is 0 Å². The third-order valence-electron chi connectivity index (χ3n) is 12.1. The number of cyclic esters (lactones) is 1. The maximum atomic E-state index is 14.3. The molecule has 13 heteroatoms. The van der Waals surface area contributed by atoms with Crippen LogP contribution < -0.4 is 10.7 Å². The number of pyridine rings is 1. The summed E-state index contributed by atoms with van der Waals surface area (Å²) in [6.07, 6.45) is 8.13. The molecule has 3 aromatic heterocycles. The molecule has 1 saturated carbocycles. The van der Waals surface area contributed by atoms with Gasteiger partial charge in [-0.25, -0.2) is 15.2 Å². The lowest BCUT2D eigenvalue weighted by Crippen LogP contribution is -2.65. The Morgan fingerprint density at radius 3 is 2.80 bits per heavy atom. The van der Waals surface area contributed by atoms with E-state index in [0.717, 1.165) is 82.0 Å². The molecule has 292 valence electrons. The van der Waals surface area contributed by atoms with Gasteiger partial charge in [0.2, 0.25) is 0 Å². The zero-order valence-electron chi connectivity index (χ0n) is 32.6. The highest BCUT2D eigenvalue weighted by Gasteiger charge is 2.44. The Hall–Kier alpha value is -4.33. The smallest absolute Gasteiger partial charge is 0.324 e. The van der Waals surface area contributed by atoms with Gasteiger partial charge in [-0.05, 0) is 81.7 Å². The molecule has 6 heterocycles. The number of nitrogens with zero attached hydrogens (tertiary/aromatic N) is 5. The van der Waals surface area contributed by atoms with Gasteiger partial charge in [0.15, 0.2) is 0 Å². The Labute approximate surface area is 326 Å². The van der Waals surface area contributed by atoms with E-state index in [4.69, 9.17) is 19.4 Å². The lowest BCUT2D eigenvalue weighted by Gasteiger charge is -2.51. The number of hydrazine groups is 1. The molecule has 12 nitrogen and oxygen atoms in total. The Kier molecular flexibility index (Phi) is 10.5. The number of hydrogen-bond donors (Lipinski definition) is 2. The molecule has 6 bridgehead atoms. The van der Waals surface area contributed by atoms with Crippen molar-refractivity contribution in [2.45, 2.75) is 110 Å². The topological polar surface area (TPSA) is 131 Å². The van der Waals surface area contributed by atoms with Crippen LogP contribution in [0.3, 0.4) is 0 Å². The number of rotatable bonds is 5. The third-order valence-corrected chi connectivity index (χ3v) is 13.0. The van der Waals surface area contributed by atoms with Crippen molar-refractivity contribution < 1.29 is 23.9 Å². The molecular formula is C42H53N7O5S. The minimum absolute atomic E-state index is 0.191. The van der Waals surface area contributed by atoms with Gasteiger partial charge in [-0.15, -0.1) is 11.3 Å². The summed E-state index contributed by atoms with van der Waals surface area (Å²) < 4.78 is 14.2. The number of benzene rings is 1. The average Bonchev–Trinajstić information content (AvgIpc) is 3.77. The van der Waals surface area contributed by atoms with Gasteiger partial charge in [-0.1, -0.05) is 32.8 Å². The number of nitrogens with one attached hydrogen (secondary N) is 2. The first-order chi connectivity index (χ1) is 26.5. The van der Waals surface area contributed by atoms with Crippen LogP contribution >= 0.6 is 11.3 Å². The molecule has 4 aromatic rings. The van der Waals surface area contributed by atoms with Crippen molar-refractivity contribution in [3.63, 3.8) is 0 Å². The summed E-state index contributed by atoms with van der Waals surface area (Å²) in [4.78, 5) is 53.5. The summed E-state index contributed by atoms with van der Waals surface area (Å²) in [6, 6.07) is 9.08. The van der Waals surface area contributed by atoms with E-state index in [-0.39, 0.29) is 43.1 Å². The Morgan fingerprint density at radius 1 is 1.16 bits per heavy atom. The Bertz CT molecular complexity index is 2090. The number of fused-ring (bicyclic) bond motifs is 7. The van der Waals surface area contributed by atoms with Gasteiger partial charge in [0, 0.05) is 78.2 Å². The van der Waals surface area contributed by atoms with E-state index in [0.29, 0.717) is 31.7 Å². The molecule has 8 rings (SSSR count). The predicted molar refractivity (Wildman–Crippen MR) is 212 cm³/mol. The second-order valence-electron chi connectivity index (χ2n) is 16.5. The number of thiazole rings is 1. The van der Waals surface area contributed by atoms with Crippen molar-refractivity contribution in [3.8, 4) is 22.5 Å². The number of aromatic nitrogens is 3. The van der Waals surface area contributed by atoms with Gasteiger partial charge in [0.05, 0.1) is 34.8 Å². The standard InChI is InChI=1S/C42H53N7O5S/c1-6-47-35-16-15-26-19-29(35)30(38(47)28-12-9-17-43-37(28)25(2)53-5)21-42(3,4)24-54-40(51)31-13-10-18-49(46-31)39(50)32(20-36-44-33(26)23-55-36)45-41(52)48-22-27-11-7-8-14-34(27)48/h9,12,15-17,19,23,25,27,31-32,34,46H,6-8,10-11,13-14,18,20-22,24H2,1-5H3,(H,45,52)/t25-,27-,31-,32?,34-/m0/s1. The predicted octanol–water partition coefficient (Wildman–Crippen LogP) is 6.67. The highest BCUT2D eigenvalue weighted by atomic mass is 32.1.